The topological polar surface area (TPSA) is 23.6 Å². The highest BCUT2D eigenvalue weighted by atomic mass is 16.1. The van der Waals surface area contributed by atoms with E-state index in [1.54, 1.807) is 6.92 Å². The number of para-hydroxylation sites is 1. The standard InChI is InChI=1S/C18H26N2O/c1-15(21)17-6-2-3-7-18(17)20-12-8-16(9-13-20)14-19-10-4-5-11-19/h2-3,6-7,16H,4-5,8-14H2,1H3. The van der Waals surface area contributed by atoms with E-state index in [9.17, 15) is 4.79 Å². The van der Waals surface area contributed by atoms with Crippen molar-refractivity contribution in [3.63, 3.8) is 0 Å². The maximum absolute atomic E-state index is 11.8. The molecule has 3 nitrogen and oxygen atoms in total. The largest absolute Gasteiger partial charge is 0.371 e. The van der Waals surface area contributed by atoms with Crippen molar-refractivity contribution in [2.45, 2.75) is 32.6 Å². The monoisotopic (exact) mass is 286 g/mol. The highest BCUT2D eigenvalue weighted by Crippen LogP contribution is 2.27. The number of carbonyl (C=O) groups is 1. The summed E-state index contributed by atoms with van der Waals surface area (Å²) in [7, 11) is 0. The number of rotatable bonds is 4. The second-order valence-corrected chi connectivity index (χ2v) is 6.51. The predicted octanol–water partition coefficient (Wildman–Crippen LogP) is 3.20. The molecule has 3 heteroatoms. The van der Waals surface area contributed by atoms with Crippen LogP contribution in [-0.2, 0) is 0 Å². The molecule has 0 radical (unpaired) electrons. The van der Waals surface area contributed by atoms with Crippen LogP contribution >= 0.6 is 0 Å². The van der Waals surface area contributed by atoms with Crippen LogP contribution in [0.25, 0.3) is 0 Å². The fourth-order valence-corrected chi connectivity index (χ4v) is 3.73. The van der Waals surface area contributed by atoms with Gasteiger partial charge in [-0.25, -0.2) is 0 Å². The van der Waals surface area contributed by atoms with Crippen LogP contribution in [0.2, 0.25) is 0 Å². The molecule has 0 spiro atoms. The average Bonchev–Trinajstić information content (AvgIpc) is 3.01. The molecule has 1 aromatic carbocycles. The normalized spacial score (nSPS) is 20.9. The van der Waals surface area contributed by atoms with Gasteiger partial charge in [-0.3, -0.25) is 4.79 Å². The van der Waals surface area contributed by atoms with Crippen molar-refractivity contribution in [3.8, 4) is 0 Å². The third-order valence-corrected chi connectivity index (χ3v) is 4.95. The lowest BCUT2D eigenvalue weighted by Gasteiger charge is -2.36. The molecule has 0 bridgehead atoms. The predicted molar refractivity (Wildman–Crippen MR) is 87.1 cm³/mol. The number of hydrogen-bond donors (Lipinski definition) is 0. The quantitative estimate of drug-likeness (QED) is 0.794. The fourth-order valence-electron chi connectivity index (χ4n) is 3.73. The first kappa shape index (κ1) is 14.6. The van der Waals surface area contributed by atoms with Crippen molar-refractivity contribution in [2.24, 2.45) is 5.92 Å². The molecule has 2 saturated heterocycles. The Morgan fingerprint density at radius 2 is 1.76 bits per heavy atom. The van der Waals surface area contributed by atoms with Crippen LogP contribution in [0.5, 0.6) is 0 Å². The Bertz CT molecular complexity index is 486. The summed E-state index contributed by atoms with van der Waals surface area (Å²) in [6.45, 7) is 7.72. The van der Waals surface area contributed by atoms with Crippen LogP contribution < -0.4 is 4.90 Å². The van der Waals surface area contributed by atoms with Crippen LogP contribution in [0.1, 0.15) is 43.0 Å². The maximum atomic E-state index is 11.8. The van der Waals surface area contributed by atoms with E-state index in [4.69, 9.17) is 0 Å². The first-order valence-electron chi connectivity index (χ1n) is 8.31. The van der Waals surface area contributed by atoms with Gasteiger partial charge in [-0.1, -0.05) is 12.1 Å². The van der Waals surface area contributed by atoms with E-state index in [1.165, 1.54) is 45.3 Å². The lowest BCUT2D eigenvalue weighted by Crippen LogP contribution is -2.38. The van der Waals surface area contributed by atoms with Crippen molar-refractivity contribution in [2.75, 3.05) is 37.6 Å². The highest BCUT2D eigenvalue weighted by Gasteiger charge is 2.24. The summed E-state index contributed by atoms with van der Waals surface area (Å²) in [5.74, 6) is 1.01. The summed E-state index contributed by atoms with van der Waals surface area (Å²) in [6, 6.07) is 8.05. The Morgan fingerprint density at radius 3 is 2.43 bits per heavy atom. The number of carbonyl (C=O) groups excluding carboxylic acids is 1. The van der Waals surface area contributed by atoms with E-state index in [0.717, 1.165) is 30.3 Å². The summed E-state index contributed by atoms with van der Waals surface area (Å²) in [5.41, 5.74) is 2.00. The number of hydrogen-bond acceptors (Lipinski definition) is 3. The van der Waals surface area contributed by atoms with Crippen molar-refractivity contribution < 1.29 is 4.79 Å². The number of anilines is 1. The zero-order chi connectivity index (χ0) is 14.7. The van der Waals surface area contributed by atoms with Crippen molar-refractivity contribution in [1.29, 1.82) is 0 Å². The SMILES string of the molecule is CC(=O)c1ccccc1N1CCC(CN2CCCC2)CC1. The minimum absolute atomic E-state index is 0.171. The Labute approximate surface area is 127 Å². The summed E-state index contributed by atoms with van der Waals surface area (Å²) in [4.78, 5) is 16.8. The molecule has 0 saturated carbocycles. The molecule has 0 amide bonds. The molecular formula is C18H26N2O. The van der Waals surface area contributed by atoms with Gasteiger partial charge in [0.2, 0.25) is 0 Å². The van der Waals surface area contributed by atoms with E-state index in [1.807, 2.05) is 18.2 Å². The van der Waals surface area contributed by atoms with Gasteiger partial charge < -0.3 is 9.80 Å². The number of piperidine rings is 1. The van der Waals surface area contributed by atoms with Crippen LogP contribution in [0, 0.1) is 5.92 Å². The molecule has 2 aliphatic heterocycles. The van der Waals surface area contributed by atoms with E-state index in [0.29, 0.717) is 0 Å². The van der Waals surface area contributed by atoms with Gasteiger partial charge in [0.05, 0.1) is 0 Å². The Balaban J connectivity index is 1.59. The first-order valence-corrected chi connectivity index (χ1v) is 8.31. The van der Waals surface area contributed by atoms with Gasteiger partial charge in [-0.05, 0) is 63.7 Å². The molecule has 1 aromatic rings. The summed E-state index contributed by atoms with van der Waals surface area (Å²) in [5, 5.41) is 0. The van der Waals surface area contributed by atoms with Crippen LogP contribution in [0.3, 0.4) is 0 Å². The molecule has 0 atom stereocenters. The van der Waals surface area contributed by atoms with Crippen molar-refractivity contribution >= 4 is 11.5 Å². The van der Waals surface area contributed by atoms with Gasteiger partial charge in [0.1, 0.15) is 0 Å². The second kappa shape index (κ2) is 6.61. The van der Waals surface area contributed by atoms with Gasteiger partial charge in [0, 0.05) is 30.9 Å². The number of nitrogens with zero attached hydrogens (tertiary/aromatic N) is 2. The maximum Gasteiger partial charge on any atom is 0.161 e. The lowest BCUT2D eigenvalue weighted by atomic mass is 9.95. The molecule has 0 aliphatic carbocycles. The molecule has 21 heavy (non-hydrogen) atoms. The molecule has 0 unspecified atom stereocenters. The Hall–Kier alpha value is -1.35. The molecule has 2 aliphatic rings. The minimum Gasteiger partial charge on any atom is -0.371 e. The number of likely N-dealkylation sites (tertiary alicyclic amines) is 1. The van der Waals surface area contributed by atoms with Gasteiger partial charge in [-0.15, -0.1) is 0 Å². The molecule has 3 rings (SSSR count). The van der Waals surface area contributed by atoms with E-state index >= 15 is 0 Å². The summed E-state index contributed by atoms with van der Waals surface area (Å²) in [6.07, 6.45) is 5.27. The van der Waals surface area contributed by atoms with Crippen LogP contribution in [0.15, 0.2) is 24.3 Å². The second-order valence-electron chi connectivity index (χ2n) is 6.51. The third kappa shape index (κ3) is 3.46. The van der Waals surface area contributed by atoms with Crippen LogP contribution in [-0.4, -0.2) is 43.4 Å². The van der Waals surface area contributed by atoms with Crippen LogP contribution in [0.4, 0.5) is 5.69 Å². The lowest BCUT2D eigenvalue weighted by molar-refractivity contribution is 0.101. The van der Waals surface area contributed by atoms with Crippen molar-refractivity contribution in [1.82, 2.24) is 4.90 Å². The van der Waals surface area contributed by atoms with E-state index < -0.39 is 0 Å². The highest BCUT2D eigenvalue weighted by molar-refractivity contribution is 5.99. The molecule has 0 aromatic heterocycles. The Kier molecular flexibility index (Phi) is 4.59. The molecule has 114 valence electrons. The smallest absolute Gasteiger partial charge is 0.161 e. The number of benzene rings is 1. The van der Waals surface area contributed by atoms with E-state index in [2.05, 4.69) is 15.9 Å². The number of Topliss-reactive ketones (excluding diaryl/α,β-unsaturated/α-hetero) is 1. The fraction of sp³-hybridized carbons (Fsp3) is 0.611. The summed E-state index contributed by atoms with van der Waals surface area (Å²) < 4.78 is 0. The molecule has 2 heterocycles. The summed E-state index contributed by atoms with van der Waals surface area (Å²) >= 11 is 0. The zero-order valence-electron chi connectivity index (χ0n) is 13.1. The molecule has 0 N–H and O–H groups in total. The zero-order valence-corrected chi connectivity index (χ0v) is 13.1. The van der Waals surface area contributed by atoms with Crippen molar-refractivity contribution in [3.05, 3.63) is 29.8 Å². The number of ketones is 1. The molecule has 2 fully saturated rings. The van der Waals surface area contributed by atoms with E-state index in [-0.39, 0.29) is 5.78 Å². The van der Waals surface area contributed by atoms with Gasteiger partial charge in [-0.2, -0.15) is 0 Å². The first-order chi connectivity index (χ1) is 10.2. The Morgan fingerprint density at radius 1 is 1.10 bits per heavy atom. The van der Waals surface area contributed by atoms with Gasteiger partial charge >= 0.3 is 0 Å². The average molecular weight is 286 g/mol. The molecular weight excluding hydrogens is 260 g/mol. The van der Waals surface area contributed by atoms with Gasteiger partial charge in [0.25, 0.3) is 0 Å². The minimum atomic E-state index is 0.171. The van der Waals surface area contributed by atoms with Gasteiger partial charge in [0.15, 0.2) is 5.78 Å². The third-order valence-electron chi connectivity index (χ3n) is 4.95.